The third-order valence-corrected chi connectivity index (χ3v) is 5.46. The van der Waals surface area contributed by atoms with E-state index >= 15 is 0 Å². The van der Waals surface area contributed by atoms with Gasteiger partial charge in [0.15, 0.2) is 0 Å². The minimum absolute atomic E-state index is 0.00562. The van der Waals surface area contributed by atoms with Crippen LogP contribution in [0.2, 0.25) is 0 Å². The fraction of sp³-hybridized carbons (Fsp3) is 0.750. The first-order valence-electron chi connectivity index (χ1n) is 6.35. The molecule has 0 atom stereocenters. The van der Waals surface area contributed by atoms with E-state index in [-0.39, 0.29) is 11.3 Å². The molecule has 18 heavy (non-hydrogen) atoms. The monoisotopic (exact) mass is 288 g/mol. The number of hydrogen-bond acceptors (Lipinski definition) is 5. The standard InChI is InChI=1S/C12H20N2O2S2/c1-18(15,16)10-4-7-14-12(5-2-3-6-12)11-13-8-9-17-11/h8-9,14H,2-7,10H2,1H3. The Morgan fingerprint density at radius 1 is 1.44 bits per heavy atom. The summed E-state index contributed by atoms with van der Waals surface area (Å²) in [5.74, 6) is 0.258. The molecule has 0 amide bonds. The Bertz CT molecular complexity index is 462. The lowest BCUT2D eigenvalue weighted by atomic mass is 9.98. The summed E-state index contributed by atoms with van der Waals surface area (Å²) in [6.45, 7) is 0.743. The predicted molar refractivity (Wildman–Crippen MR) is 74.6 cm³/mol. The predicted octanol–water partition coefficient (Wildman–Crippen LogP) is 1.94. The zero-order chi connectivity index (χ0) is 13.1. The van der Waals surface area contributed by atoms with Gasteiger partial charge < -0.3 is 5.32 Å². The lowest BCUT2D eigenvalue weighted by molar-refractivity contribution is 0.341. The van der Waals surface area contributed by atoms with Crippen LogP contribution >= 0.6 is 11.3 Å². The number of sulfone groups is 1. The largest absolute Gasteiger partial charge is 0.305 e. The molecule has 102 valence electrons. The fourth-order valence-corrected chi connectivity index (χ4v) is 4.11. The van der Waals surface area contributed by atoms with Crippen molar-refractivity contribution in [1.82, 2.24) is 10.3 Å². The summed E-state index contributed by atoms with van der Waals surface area (Å²) in [6, 6.07) is 0. The molecule has 1 saturated carbocycles. The molecule has 0 unspecified atom stereocenters. The number of thiazole rings is 1. The molecule has 6 heteroatoms. The average Bonchev–Trinajstić information content (AvgIpc) is 2.94. The van der Waals surface area contributed by atoms with Gasteiger partial charge in [-0.2, -0.15) is 0 Å². The molecule has 1 aromatic rings. The van der Waals surface area contributed by atoms with Crippen LogP contribution in [0.1, 0.15) is 37.1 Å². The van der Waals surface area contributed by atoms with Crippen molar-refractivity contribution < 1.29 is 8.42 Å². The molecule has 1 aliphatic carbocycles. The minimum Gasteiger partial charge on any atom is -0.305 e. The molecule has 0 spiro atoms. The van der Waals surface area contributed by atoms with Gasteiger partial charge in [0.2, 0.25) is 0 Å². The normalized spacial score (nSPS) is 19.2. The summed E-state index contributed by atoms with van der Waals surface area (Å²) in [7, 11) is -2.85. The molecule has 0 radical (unpaired) electrons. The highest BCUT2D eigenvalue weighted by Gasteiger charge is 2.37. The highest BCUT2D eigenvalue weighted by molar-refractivity contribution is 7.90. The second-order valence-electron chi connectivity index (χ2n) is 5.04. The zero-order valence-corrected chi connectivity index (χ0v) is 12.3. The van der Waals surface area contributed by atoms with Gasteiger partial charge >= 0.3 is 0 Å². The molecule has 4 nitrogen and oxygen atoms in total. The van der Waals surface area contributed by atoms with Gasteiger partial charge in [-0.25, -0.2) is 13.4 Å². The van der Waals surface area contributed by atoms with Crippen molar-refractivity contribution in [2.24, 2.45) is 0 Å². The first-order chi connectivity index (χ1) is 8.52. The molecule has 1 aliphatic rings. The molecule has 2 rings (SSSR count). The Labute approximate surface area is 113 Å². The summed E-state index contributed by atoms with van der Waals surface area (Å²) in [5.41, 5.74) is 0.00562. The van der Waals surface area contributed by atoms with Gasteiger partial charge in [-0.15, -0.1) is 11.3 Å². The quantitative estimate of drug-likeness (QED) is 0.813. The van der Waals surface area contributed by atoms with E-state index in [2.05, 4.69) is 10.3 Å². The maximum Gasteiger partial charge on any atom is 0.147 e. The number of nitrogens with one attached hydrogen (secondary N) is 1. The molecule has 1 aromatic heterocycles. The van der Waals surface area contributed by atoms with Gasteiger partial charge in [-0.05, 0) is 25.8 Å². The Morgan fingerprint density at radius 3 is 2.72 bits per heavy atom. The molecule has 1 fully saturated rings. The third-order valence-electron chi connectivity index (χ3n) is 3.45. The van der Waals surface area contributed by atoms with E-state index in [1.165, 1.54) is 19.1 Å². The zero-order valence-electron chi connectivity index (χ0n) is 10.7. The first-order valence-corrected chi connectivity index (χ1v) is 9.29. The summed E-state index contributed by atoms with van der Waals surface area (Å²) < 4.78 is 22.2. The van der Waals surface area contributed by atoms with Crippen molar-refractivity contribution in [3.8, 4) is 0 Å². The molecule has 0 aliphatic heterocycles. The van der Waals surface area contributed by atoms with Crippen LogP contribution in [0.4, 0.5) is 0 Å². The lowest BCUT2D eigenvalue weighted by Gasteiger charge is -2.28. The van der Waals surface area contributed by atoms with Crippen molar-refractivity contribution in [1.29, 1.82) is 0 Å². The second-order valence-corrected chi connectivity index (χ2v) is 8.19. The number of nitrogens with zero attached hydrogens (tertiary/aromatic N) is 1. The van der Waals surface area contributed by atoms with Crippen LogP contribution in [-0.4, -0.2) is 32.0 Å². The summed E-state index contributed by atoms with van der Waals surface area (Å²) in [6.07, 6.45) is 8.47. The number of rotatable bonds is 6. The minimum atomic E-state index is -2.85. The summed E-state index contributed by atoms with van der Waals surface area (Å²) in [5, 5.41) is 6.71. The van der Waals surface area contributed by atoms with E-state index in [4.69, 9.17) is 0 Å². The van der Waals surface area contributed by atoms with E-state index < -0.39 is 9.84 Å². The van der Waals surface area contributed by atoms with E-state index in [0.717, 1.165) is 24.4 Å². The van der Waals surface area contributed by atoms with Crippen LogP contribution in [0.5, 0.6) is 0 Å². The maximum atomic E-state index is 11.1. The van der Waals surface area contributed by atoms with Gasteiger partial charge in [-0.1, -0.05) is 12.8 Å². The topological polar surface area (TPSA) is 59.1 Å². The van der Waals surface area contributed by atoms with Gasteiger partial charge in [0, 0.05) is 17.8 Å². The fourth-order valence-electron chi connectivity index (χ4n) is 2.57. The second kappa shape index (κ2) is 5.67. The number of aromatic nitrogens is 1. The number of hydrogen-bond donors (Lipinski definition) is 1. The lowest BCUT2D eigenvalue weighted by Crippen LogP contribution is -2.40. The van der Waals surface area contributed by atoms with E-state index in [0.29, 0.717) is 6.42 Å². The van der Waals surface area contributed by atoms with E-state index in [1.807, 2.05) is 11.6 Å². The van der Waals surface area contributed by atoms with Crippen molar-refractivity contribution >= 4 is 21.2 Å². The van der Waals surface area contributed by atoms with E-state index in [9.17, 15) is 8.42 Å². The average molecular weight is 288 g/mol. The van der Waals surface area contributed by atoms with Gasteiger partial charge in [0.25, 0.3) is 0 Å². The third kappa shape index (κ3) is 3.52. The Hall–Kier alpha value is -0.460. The van der Waals surface area contributed by atoms with Gasteiger partial charge in [0.1, 0.15) is 14.8 Å². The van der Waals surface area contributed by atoms with Crippen LogP contribution in [0, 0.1) is 0 Å². The summed E-state index contributed by atoms with van der Waals surface area (Å²) >= 11 is 1.69. The van der Waals surface area contributed by atoms with Crippen LogP contribution in [0.15, 0.2) is 11.6 Å². The molecule has 1 heterocycles. The molecular formula is C12H20N2O2S2. The van der Waals surface area contributed by atoms with Crippen molar-refractivity contribution in [3.63, 3.8) is 0 Å². The van der Waals surface area contributed by atoms with Crippen molar-refractivity contribution in [3.05, 3.63) is 16.6 Å². The van der Waals surface area contributed by atoms with Gasteiger partial charge in [-0.3, -0.25) is 0 Å². The SMILES string of the molecule is CS(=O)(=O)CCCNC1(c2nccs2)CCCC1. The smallest absolute Gasteiger partial charge is 0.147 e. The molecule has 0 aromatic carbocycles. The van der Waals surface area contributed by atoms with E-state index in [1.54, 1.807) is 11.3 Å². The van der Waals surface area contributed by atoms with Crippen molar-refractivity contribution in [2.75, 3.05) is 18.6 Å². The van der Waals surface area contributed by atoms with Crippen LogP contribution in [-0.2, 0) is 15.4 Å². The Morgan fingerprint density at radius 2 is 2.17 bits per heavy atom. The van der Waals surface area contributed by atoms with Crippen molar-refractivity contribution in [2.45, 2.75) is 37.6 Å². The highest BCUT2D eigenvalue weighted by Crippen LogP contribution is 2.39. The molecule has 0 saturated heterocycles. The maximum absolute atomic E-state index is 11.1. The van der Waals surface area contributed by atoms with Crippen LogP contribution in [0.3, 0.4) is 0 Å². The Balaban J connectivity index is 1.92. The molecule has 1 N–H and O–H groups in total. The summed E-state index contributed by atoms with van der Waals surface area (Å²) in [4.78, 5) is 4.44. The first kappa shape index (κ1) is 14.0. The highest BCUT2D eigenvalue weighted by atomic mass is 32.2. The Kier molecular flexibility index (Phi) is 4.40. The van der Waals surface area contributed by atoms with Crippen LogP contribution < -0.4 is 5.32 Å². The molecular weight excluding hydrogens is 268 g/mol. The molecule has 0 bridgehead atoms. The van der Waals surface area contributed by atoms with Gasteiger partial charge in [0.05, 0.1) is 11.3 Å². The van der Waals surface area contributed by atoms with Crippen LogP contribution in [0.25, 0.3) is 0 Å².